The molecule has 2 N–H and O–H groups in total. The van der Waals surface area contributed by atoms with E-state index >= 15 is 0 Å². The first kappa shape index (κ1) is 37.6. The number of carbonyl (C=O) groups excluding carboxylic acids is 2. The molecule has 12 heteroatoms. The number of alkyl halides is 3. The molecule has 2 amide bonds. The Kier molecular flexibility index (Phi) is 11.3. The number of rotatable bonds is 12. The van der Waals surface area contributed by atoms with Crippen molar-refractivity contribution >= 4 is 23.5 Å². The molecule has 3 aromatic carbocycles. The number of ether oxygens (including phenoxy) is 1. The lowest BCUT2D eigenvalue weighted by molar-refractivity contribution is -0.139. The number of hydrogen-bond donors (Lipinski definition) is 2. The number of benzene rings is 3. The molecule has 2 atom stereocenters. The molecule has 6 rings (SSSR count). The van der Waals surface area contributed by atoms with Gasteiger partial charge in [-0.25, -0.2) is 4.98 Å². The van der Waals surface area contributed by atoms with Crippen LogP contribution in [0.5, 0.6) is 5.75 Å². The molecular formula is C42H38F3N3O6. The molecule has 4 aromatic rings. The van der Waals surface area contributed by atoms with Crippen LogP contribution in [0.1, 0.15) is 58.5 Å². The predicted octanol–water partition coefficient (Wildman–Crippen LogP) is 8.77. The van der Waals surface area contributed by atoms with Crippen LogP contribution in [0, 0.1) is 5.92 Å². The van der Waals surface area contributed by atoms with Gasteiger partial charge in [0, 0.05) is 35.2 Å². The van der Waals surface area contributed by atoms with Crippen molar-refractivity contribution in [2.75, 3.05) is 19.0 Å². The smallest absolute Gasteiger partial charge is 0.416 e. The molecule has 0 fully saturated rings. The van der Waals surface area contributed by atoms with E-state index in [1.165, 1.54) is 59.6 Å². The number of methoxy groups -OCH3 is 1. The SMILES string of the molecule is COc1ccc(CC(=O)Nc2ccc(C(=O)N(CC(=O)O)Cc3ccc(-c4ncc(C5C=CC(C6C=CC(C)=CC6)=CC5)o4)cc3)cc2)c(C(F)(F)F)c1. The molecular weight excluding hydrogens is 699 g/mol. The minimum Gasteiger partial charge on any atom is -0.497 e. The van der Waals surface area contributed by atoms with E-state index in [0.29, 0.717) is 17.4 Å². The predicted molar refractivity (Wildman–Crippen MR) is 197 cm³/mol. The van der Waals surface area contributed by atoms with Crippen LogP contribution in [-0.2, 0) is 28.7 Å². The van der Waals surface area contributed by atoms with Crippen LogP contribution in [0.25, 0.3) is 11.5 Å². The van der Waals surface area contributed by atoms with Gasteiger partial charge in [-0.05, 0) is 85.0 Å². The molecule has 54 heavy (non-hydrogen) atoms. The number of hydrogen-bond acceptors (Lipinski definition) is 6. The molecule has 0 radical (unpaired) electrons. The van der Waals surface area contributed by atoms with Crippen molar-refractivity contribution in [2.24, 2.45) is 5.92 Å². The van der Waals surface area contributed by atoms with Crippen LogP contribution in [-0.4, -0.2) is 46.4 Å². The second-order valence-corrected chi connectivity index (χ2v) is 13.2. The van der Waals surface area contributed by atoms with Gasteiger partial charge in [0.2, 0.25) is 11.8 Å². The molecule has 9 nitrogen and oxygen atoms in total. The fourth-order valence-corrected chi connectivity index (χ4v) is 6.38. The Balaban J connectivity index is 1.06. The van der Waals surface area contributed by atoms with Gasteiger partial charge in [-0.3, -0.25) is 14.4 Å². The van der Waals surface area contributed by atoms with Gasteiger partial charge in [0.05, 0.1) is 25.3 Å². The van der Waals surface area contributed by atoms with Gasteiger partial charge in [-0.2, -0.15) is 13.2 Å². The maximum Gasteiger partial charge on any atom is 0.416 e. The summed E-state index contributed by atoms with van der Waals surface area (Å²) >= 11 is 0. The number of aromatic nitrogens is 1. The van der Waals surface area contributed by atoms with Crippen molar-refractivity contribution in [2.45, 2.75) is 44.8 Å². The number of amides is 2. The highest BCUT2D eigenvalue weighted by atomic mass is 19.4. The summed E-state index contributed by atoms with van der Waals surface area (Å²) in [5.74, 6) is -0.775. The minimum atomic E-state index is -4.68. The number of carbonyl (C=O) groups is 3. The van der Waals surface area contributed by atoms with E-state index in [0.717, 1.165) is 30.2 Å². The Bertz CT molecular complexity index is 2150. The quantitative estimate of drug-likeness (QED) is 0.149. The second-order valence-electron chi connectivity index (χ2n) is 13.2. The summed E-state index contributed by atoms with van der Waals surface area (Å²) in [6, 6.07) is 16.2. The first-order chi connectivity index (χ1) is 25.9. The molecule has 0 bridgehead atoms. The number of nitrogens with one attached hydrogen (secondary N) is 1. The number of nitrogens with zero attached hydrogens (tertiary/aromatic N) is 2. The third-order valence-electron chi connectivity index (χ3n) is 9.31. The third kappa shape index (κ3) is 9.24. The van der Waals surface area contributed by atoms with Crippen molar-refractivity contribution in [1.29, 1.82) is 0 Å². The number of carboxylic acid groups (broad SMARTS) is 1. The van der Waals surface area contributed by atoms with Crippen molar-refractivity contribution < 1.29 is 41.8 Å². The molecule has 0 aliphatic heterocycles. The van der Waals surface area contributed by atoms with Gasteiger partial charge in [0.25, 0.3) is 5.91 Å². The van der Waals surface area contributed by atoms with Crippen molar-refractivity contribution in [3.05, 3.63) is 149 Å². The minimum absolute atomic E-state index is 0.00276. The number of oxazole rings is 1. The van der Waals surface area contributed by atoms with E-state index < -0.39 is 42.5 Å². The largest absolute Gasteiger partial charge is 0.497 e. The average molecular weight is 738 g/mol. The van der Waals surface area contributed by atoms with Crippen LogP contribution in [0.2, 0.25) is 0 Å². The molecule has 0 saturated carbocycles. The molecule has 2 aliphatic rings. The van der Waals surface area contributed by atoms with Crippen LogP contribution in [0.4, 0.5) is 18.9 Å². The molecule has 0 spiro atoms. The van der Waals surface area contributed by atoms with Gasteiger partial charge >= 0.3 is 12.1 Å². The van der Waals surface area contributed by atoms with Crippen molar-refractivity contribution in [3.63, 3.8) is 0 Å². The van der Waals surface area contributed by atoms with E-state index in [2.05, 4.69) is 53.7 Å². The van der Waals surface area contributed by atoms with E-state index in [1.807, 2.05) is 0 Å². The number of anilines is 1. The Hall–Kier alpha value is -6.17. The van der Waals surface area contributed by atoms with Crippen molar-refractivity contribution in [1.82, 2.24) is 9.88 Å². The Morgan fingerprint density at radius 1 is 0.963 bits per heavy atom. The summed E-state index contributed by atoms with van der Waals surface area (Å²) in [4.78, 5) is 43.5. The van der Waals surface area contributed by atoms with Crippen LogP contribution in [0.3, 0.4) is 0 Å². The molecule has 2 unspecified atom stereocenters. The van der Waals surface area contributed by atoms with Gasteiger partial charge in [0.15, 0.2) is 0 Å². The van der Waals surface area contributed by atoms with E-state index in [1.54, 1.807) is 30.5 Å². The van der Waals surface area contributed by atoms with Gasteiger partial charge in [-0.15, -0.1) is 0 Å². The summed E-state index contributed by atoms with van der Waals surface area (Å²) in [7, 11) is 1.25. The standard InChI is InChI=1S/C42H38F3N3O6/c1-26-3-7-28(8-4-26)29-11-13-30(14-12-29)37-23-46-40(54-37)31-9-5-27(6-10-31)24-48(25-39(50)51)41(52)32-15-18-34(19-16-32)47-38(49)21-33-17-20-35(53-2)22-36(33)42(43,44)45/h3-7,9-13,15-20,22-23,28,30H,8,14,21,24-25H2,1-2H3,(H,47,49)(H,50,51). The highest BCUT2D eigenvalue weighted by Crippen LogP contribution is 2.36. The number of carboxylic acids is 1. The number of allylic oxidation sites excluding steroid dienone is 8. The maximum absolute atomic E-state index is 13.6. The normalized spacial score (nSPS) is 16.7. The summed E-state index contributed by atoms with van der Waals surface area (Å²) < 4.78 is 51.8. The van der Waals surface area contributed by atoms with Crippen LogP contribution < -0.4 is 10.1 Å². The van der Waals surface area contributed by atoms with Crippen LogP contribution >= 0.6 is 0 Å². The zero-order valence-electron chi connectivity index (χ0n) is 29.6. The zero-order chi connectivity index (χ0) is 38.4. The number of aliphatic carboxylic acids is 1. The van der Waals surface area contributed by atoms with E-state index in [9.17, 15) is 32.7 Å². The monoisotopic (exact) mass is 737 g/mol. The maximum atomic E-state index is 13.6. The Labute approximate surface area is 310 Å². The zero-order valence-corrected chi connectivity index (χ0v) is 29.6. The molecule has 2 aliphatic carbocycles. The summed E-state index contributed by atoms with van der Waals surface area (Å²) in [5.41, 5.74) is 3.20. The van der Waals surface area contributed by atoms with Crippen molar-refractivity contribution in [3.8, 4) is 17.2 Å². The van der Waals surface area contributed by atoms with Gasteiger partial charge < -0.3 is 24.5 Å². The van der Waals surface area contributed by atoms with Gasteiger partial charge in [0.1, 0.15) is 18.1 Å². The highest BCUT2D eigenvalue weighted by molar-refractivity contribution is 5.97. The second kappa shape index (κ2) is 16.2. The third-order valence-corrected chi connectivity index (χ3v) is 9.31. The highest BCUT2D eigenvalue weighted by Gasteiger charge is 2.34. The lowest BCUT2D eigenvalue weighted by Gasteiger charge is -2.21. The van der Waals surface area contributed by atoms with Crippen LogP contribution in [0.15, 0.2) is 125 Å². The lowest BCUT2D eigenvalue weighted by Crippen LogP contribution is -2.35. The van der Waals surface area contributed by atoms with E-state index in [-0.39, 0.29) is 35.0 Å². The number of halogens is 3. The topological polar surface area (TPSA) is 122 Å². The fraction of sp³-hybridized carbons (Fsp3) is 0.238. The first-order valence-electron chi connectivity index (χ1n) is 17.3. The lowest BCUT2D eigenvalue weighted by atomic mass is 9.85. The summed E-state index contributed by atoms with van der Waals surface area (Å²) in [5, 5.41) is 12.1. The molecule has 1 heterocycles. The molecule has 0 saturated heterocycles. The molecule has 1 aromatic heterocycles. The van der Waals surface area contributed by atoms with E-state index in [4.69, 9.17) is 9.15 Å². The Morgan fingerprint density at radius 2 is 1.69 bits per heavy atom. The summed E-state index contributed by atoms with van der Waals surface area (Å²) in [6.45, 7) is 1.53. The Morgan fingerprint density at radius 3 is 2.31 bits per heavy atom. The average Bonchev–Trinajstić information content (AvgIpc) is 3.65. The fourth-order valence-electron chi connectivity index (χ4n) is 6.38. The van der Waals surface area contributed by atoms with Gasteiger partial charge in [-0.1, -0.05) is 60.2 Å². The molecule has 278 valence electrons. The first-order valence-corrected chi connectivity index (χ1v) is 17.3. The summed E-state index contributed by atoms with van der Waals surface area (Å²) in [6.07, 6.45) is 11.5.